The zero-order valence-electron chi connectivity index (χ0n) is 9.10. The Bertz CT molecular complexity index is 348. The fraction of sp³-hybridized carbons (Fsp3) is 0.385. The van der Waals surface area contributed by atoms with Crippen molar-refractivity contribution in [1.82, 2.24) is 5.32 Å². The minimum absolute atomic E-state index is 0.0967. The summed E-state index contributed by atoms with van der Waals surface area (Å²) in [6.07, 6.45) is 7.70. The SMILES string of the molecule is C#CCCCCNCc1c(F)cccc1F. The molecular formula is C13H15F2N. The molecule has 0 fully saturated rings. The standard InChI is InChI=1S/C13H15F2N/c1-2-3-4-5-9-16-10-11-12(14)7-6-8-13(11)15/h1,6-8,16H,3-5,9-10H2. The number of unbranched alkanes of at least 4 members (excludes halogenated alkanes) is 2. The van der Waals surface area contributed by atoms with Crippen molar-refractivity contribution >= 4 is 0 Å². The largest absolute Gasteiger partial charge is 0.312 e. The summed E-state index contributed by atoms with van der Waals surface area (Å²) in [5.41, 5.74) is 0.0967. The molecule has 1 rings (SSSR count). The molecule has 0 saturated heterocycles. The molecule has 1 aromatic carbocycles. The van der Waals surface area contributed by atoms with Gasteiger partial charge in [0.15, 0.2) is 0 Å². The van der Waals surface area contributed by atoms with E-state index in [0.29, 0.717) is 0 Å². The first-order chi connectivity index (χ1) is 7.75. The maximum absolute atomic E-state index is 13.2. The van der Waals surface area contributed by atoms with E-state index in [1.54, 1.807) is 0 Å². The number of rotatable bonds is 6. The van der Waals surface area contributed by atoms with Gasteiger partial charge in [-0.2, -0.15) is 0 Å². The average Bonchev–Trinajstić information content (AvgIpc) is 2.26. The van der Waals surface area contributed by atoms with E-state index < -0.39 is 11.6 Å². The lowest BCUT2D eigenvalue weighted by atomic mass is 10.2. The molecule has 0 aliphatic heterocycles. The van der Waals surface area contributed by atoms with E-state index in [1.165, 1.54) is 18.2 Å². The monoisotopic (exact) mass is 223 g/mol. The van der Waals surface area contributed by atoms with Crippen molar-refractivity contribution in [1.29, 1.82) is 0 Å². The van der Waals surface area contributed by atoms with E-state index in [0.717, 1.165) is 25.8 Å². The van der Waals surface area contributed by atoms with Gasteiger partial charge in [0, 0.05) is 18.5 Å². The Kier molecular flexibility index (Phi) is 5.52. The first kappa shape index (κ1) is 12.7. The first-order valence-corrected chi connectivity index (χ1v) is 5.32. The molecule has 1 aromatic rings. The summed E-state index contributed by atoms with van der Waals surface area (Å²) in [7, 11) is 0. The van der Waals surface area contributed by atoms with Crippen molar-refractivity contribution in [3.63, 3.8) is 0 Å². The van der Waals surface area contributed by atoms with Crippen LogP contribution in [0.2, 0.25) is 0 Å². The average molecular weight is 223 g/mol. The highest BCUT2D eigenvalue weighted by Gasteiger charge is 2.06. The normalized spacial score (nSPS) is 10.1. The fourth-order valence-corrected chi connectivity index (χ4v) is 1.39. The summed E-state index contributed by atoms with van der Waals surface area (Å²) < 4.78 is 26.3. The molecule has 0 unspecified atom stereocenters. The molecule has 0 radical (unpaired) electrons. The molecule has 0 atom stereocenters. The number of terminal acetylenes is 1. The number of nitrogens with one attached hydrogen (secondary N) is 1. The van der Waals surface area contributed by atoms with Crippen LogP contribution in [0, 0.1) is 24.0 Å². The lowest BCUT2D eigenvalue weighted by molar-refractivity contribution is 0.530. The van der Waals surface area contributed by atoms with Gasteiger partial charge in [-0.3, -0.25) is 0 Å². The van der Waals surface area contributed by atoms with Crippen LogP contribution in [0.1, 0.15) is 24.8 Å². The molecule has 0 bridgehead atoms. The van der Waals surface area contributed by atoms with Crippen molar-refractivity contribution in [2.24, 2.45) is 0 Å². The number of hydrogen-bond donors (Lipinski definition) is 1. The smallest absolute Gasteiger partial charge is 0.130 e. The molecule has 0 amide bonds. The second-order valence-electron chi connectivity index (χ2n) is 3.54. The molecule has 0 aliphatic carbocycles. The Morgan fingerprint density at radius 2 is 1.88 bits per heavy atom. The topological polar surface area (TPSA) is 12.0 Å². The maximum atomic E-state index is 13.2. The van der Waals surface area contributed by atoms with E-state index >= 15 is 0 Å². The molecule has 0 aromatic heterocycles. The Labute approximate surface area is 94.9 Å². The third-order valence-electron chi connectivity index (χ3n) is 2.29. The van der Waals surface area contributed by atoms with Gasteiger partial charge in [-0.05, 0) is 31.5 Å². The van der Waals surface area contributed by atoms with Crippen LogP contribution in [-0.4, -0.2) is 6.54 Å². The molecular weight excluding hydrogens is 208 g/mol. The van der Waals surface area contributed by atoms with Crippen LogP contribution in [0.25, 0.3) is 0 Å². The molecule has 0 aliphatic rings. The number of halogens is 2. The van der Waals surface area contributed by atoms with Crippen LogP contribution in [0.3, 0.4) is 0 Å². The third-order valence-corrected chi connectivity index (χ3v) is 2.29. The number of hydrogen-bond acceptors (Lipinski definition) is 1. The highest BCUT2D eigenvalue weighted by atomic mass is 19.1. The molecule has 0 saturated carbocycles. The van der Waals surface area contributed by atoms with Crippen LogP contribution in [0.5, 0.6) is 0 Å². The van der Waals surface area contributed by atoms with Crippen molar-refractivity contribution in [3.8, 4) is 12.3 Å². The second-order valence-corrected chi connectivity index (χ2v) is 3.54. The van der Waals surface area contributed by atoms with Crippen LogP contribution in [0.4, 0.5) is 8.78 Å². The minimum atomic E-state index is -0.504. The van der Waals surface area contributed by atoms with Gasteiger partial charge in [-0.25, -0.2) is 8.78 Å². The van der Waals surface area contributed by atoms with Crippen molar-refractivity contribution in [3.05, 3.63) is 35.4 Å². The lowest BCUT2D eigenvalue weighted by Gasteiger charge is -2.06. The third kappa shape index (κ3) is 4.00. The Morgan fingerprint density at radius 3 is 2.50 bits per heavy atom. The zero-order valence-corrected chi connectivity index (χ0v) is 9.10. The van der Waals surface area contributed by atoms with Gasteiger partial charge in [0.25, 0.3) is 0 Å². The lowest BCUT2D eigenvalue weighted by Crippen LogP contribution is -2.16. The van der Waals surface area contributed by atoms with Gasteiger partial charge in [0.2, 0.25) is 0 Å². The van der Waals surface area contributed by atoms with Crippen molar-refractivity contribution < 1.29 is 8.78 Å². The predicted octanol–water partition coefficient (Wildman–Crippen LogP) is 2.86. The van der Waals surface area contributed by atoms with Crippen LogP contribution in [0.15, 0.2) is 18.2 Å². The van der Waals surface area contributed by atoms with E-state index in [2.05, 4.69) is 11.2 Å². The summed E-state index contributed by atoms with van der Waals surface area (Å²) in [6.45, 7) is 0.935. The maximum Gasteiger partial charge on any atom is 0.130 e. The summed E-state index contributed by atoms with van der Waals surface area (Å²) in [4.78, 5) is 0. The Hall–Kier alpha value is -1.40. The zero-order chi connectivity index (χ0) is 11.8. The van der Waals surface area contributed by atoms with Gasteiger partial charge in [0.05, 0.1) is 0 Å². The summed E-state index contributed by atoms with van der Waals surface area (Å²) >= 11 is 0. The molecule has 3 heteroatoms. The van der Waals surface area contributed by atoms with E-state index in [9.17, 15) is 8.78 Å². The molecule has 1 N–H and O–H groups in total. The summed E-state index contributed by atoms with van der Waals surface area (Å²) in [6, 6.07) is 3.89. The van der Waals surface area contributed by atoms with Crippen LogP contribution in [-0.2, 0) is 6.54 Å². The fourth-order valence-electron chi connectivity index (χ4n) is 1.39. The van der Waals surface area contributed by atoms with Gasteiger partial charge in [0.1, 0.15) is 11.6 Å². The van der Waals surface area contributed by atoms with E-state index in [-0.39, 0.29) is 12.1 Å². The van der Waals surface area contributed by atoms with Gasteiger partial charge in [-0.1, -0.05) is 6.07 Å². The van der Waals surface area contributed by atoms with Crippen LogP contribution >= 0.6 is 0 Å². The predicted molar refractivity (Wildman–Crippen MR) is 60.7 cm³/mol. The summed E-state index contributed by atoms with van der Waals surface area (Å²) in [5, 5.41) is 2.99. The minimum Gasteiger partial charge on any atom is -0.312 e. The van der Waals surface area contributed by atoms with Gasteiger partial charge >= 0.3 is 0 Å². The highest BCUT2D eigenvalue weighted by molar-refractivity contribution is 5.19. The van der Waals surface area contributed by atoms with Gasteiger partial charge in [-0.15, -0.1) is 12.3 Å². The molecule has 1 nitrogen and oxygen atoms in total. The van der Waals surface area contributed by atoms with Gasteiger partial charge < -0.3 is 5.32 Å². The summed E-state index contributed by atoms with van der Waals surface area (Å²) in [5.74, 6) is 1.54. The van der Waals surface area contributed by atoms with E-state index in [4.69, 9.17) is 6.42 Å². The highest BCUT2D eigenvalue weighted by Crippen LogP contribution is 2.11. The molecule has 0 spiro atoms. The quantitative estimate of drug-likeness (QED) is 0.577. The number of benzene rings is 1. The van der Waals surface area contributed by atoms with E-state index in [1.807, 2.05) is 0 Å². The molecule has 16 heavy (non-hydrogen) atoms. The molecule has 86 valence electrons. The Balaban J connectivity index is 2.30. The van der Waals surface area contributed by atoms with Crippen molar-refractivity contribution in [2.45, 2.75) is 25.8 Å². The Morgan fingerprint density at radius 1 is 1.19 bits per heavy atom. The first-order valence-electron chi connectivity index (χ1n) is 5.32. The molecule has 0 heterocycles. The van der Waals surface area contributed by atoms with Crippen molar-refractivity contribution in [2.75, 3.05) is 6.54 Å². The second kappa shape index (κ2) is 6.97. The van der Waals surface area contributed by atoms with Crippen LogP contribution < -0.4 is 5.32 Å².